The normalized spacial score (nSPS) is 22.6. The number of nitrogens with zero attached hydrogens (tertiary/aromatic N) is 2. The molecule has 1 spiro atoms. The van der Waals surface area contributed by atoms with Gasteiger partial charge in [-0.05, 0) is 57.2 Å². The van der Waals surface area contributed by atoms with E-state index in [4.69, 9.17) is 9.73 Å². The molecule has 0 bridgehead atoms. The monoisotopic (exact) mass is 414 g/mol. The van der Waals surface area contributed by atoms with Crippen LogP contribution in [0.5, 0.6) is 0 Å². The first-order valence-electron chi connectivity index (χ1n) is 11.5. The molecule has 1 aromatic carbocycles. The summed E-state index contributed by atoms with van der Waals surface area (Å²) in [6.07, 6.45) is 7.37. The predicted octanol–water partition coefficient (Wildman–Crippen LogP) is 3.22. The minimum atomic E-state index is 0.0334. The number of amides is 1. The van der Waals surface area contributed by atoms with Gasteiger partial charge in [0, 0.05) is 50.8 Å². The quantitative estimate of drug-likeness (QED) is 0.506. The molecular formula is C24H38N4O2. The summed E-state index contributed by atoms with van der Waals surface area (Å²) in [5, 5.41) is 7.11. The third kappa shape index (κ3) is 4.97. The molecule has 0 saturated heterocycles. The van der Waals surface area contributed by atoms with E-state index in [1.54, 1.807) is 19.0 Å². The molecule has 2 N–H and O–H groups in total. The lowest BCUT2D eigenvalue weighted by Gasteiger charge is -2.54. The molecule has 0 heterocycles. The van der Waals surface area contributed by atoms with Gasteiger partial charge in [-0.25, -0.2) is 0 Å². The van der Waals surface area contributed by atoms with E-state index in [2.05, 4.69) is 30.5 Å². The Kier molecular flexibility index (Phi) is 7.75. The summed E-state index contributed by atoms with van der Waals surface area (Å²) in [5.74, 6) is 0.926. The van der Waals surface area contributed by atoms with Crippen LogP contribution in [0.1, 0.15) is 61.9 Å². The van der Waals surface area contributed by atoms with Gasteiger partial charge in [-0.15, -0.1) is 0 Å². The molecule has 2 atom stereocenters. The average Bonchev–Trinajstić information content (AvgIpc) is 3.26. The number of hydrogen-bond donors (Lipinski definition) is 2. The molecule has 2 fully saturated rings. The van der Waals surface area contributed by atoms with Gasteiger partial charge in [0.25, 0.3) is 5.91 Å². The van der Waals surface area contributed by atoms with Gasteiger partial charge in [0.15, 0.2) is 5.96 Å². The van der Waals surface area contributed by atoms with Gasteiger partial charge in [-0.3, -0.25) is 9.79 Å². The minimum Gasteiger partial charge on any atom is -0.378 e. The van der Waals surface area contributed by atoms with Gasteiger partial charge in [0.2, 0.25) is 0 Å². The molecule has 2 aliphatic rings. The molecule has 30 heavy (non-hydrogen) atoms. The average molecular weight is 415 g/mol. The van der Waals surface area contributed by atoms with Gasteiger partial charge >= 0.3 is 0 Å². The topological polar surface area (TPSA) is 66.0 Å². The molecule has 2 unspecified atom stereocenters. The van der Waals surface area contributed by atoms with Crippen LogP contribution in [0, 0.1) is 5.41 Å². The van der Waals surface area contributed by atoms with Crippen molar-refractivity contribution in [3.8, 4) is 0 Å². The molecule has 6 heteroatoms. The van der Waals surface area contributed by atoms with E-state index < -0.39 is 0 Å². The Morgan fingerprint density at radius 1 is 1.27 bits per heavy atom. The van der Waals surface area contributed by atoms with Crippen LogP contribution < -0.4 is 10.6 Å². The first-order valence-corrected chi connectivity index (χ1v) is 11.5. The lowest BCUT2D eigenvalue weighted by molar-refractivity contribution is -0.125. The highest BCUT2D eigenvalue weighted by atomic mass is 16.5. The minimum absolute atomic E-state index is 0.0334. The largest absolute Gasteiger partial charge is 0.378 e. The number of nitrogens with one attached hydrogen (secondary N) is 2. The Bertz CT molecular complexity index is 740. The van der Waals surface area contributed by atoms with Crippen LogP contribution in [0.4, 0.5) is 0 Å². The fourth-order valence-corrected chi connectivity index (χ4v) is 4.99. The zero-order valence-electron chi connectivity index (χ0n) is 19.0. The lowest BCUT2D eigenvalue weighted by atomic mass is 9.60. The van der Waals surface area contributed by atoms with Crippen molar-refractivity contribution in [2.75, 3.05) is 33.8 Å². The maximum absolute atomic E-state index is 12.2. The summed E-state index contributed by atoms with van der Waals surface area (Å²) in [6, 6.07) is 8.30. The number of aliphatic imine (C=N–C) groups is 1. The zero-order chi connectivity index (χ0) is 21.6. The molecule has 2 saturated carbocycles. The van der Waals surface area contributed by atoms with E-state index in [-0.39, 0.29) is 11.3 Å². The van der Waals surface area contributed by atoms with Crippen LogP contribution in [-0.2, 0) is 11.2 Å². The number of benzene rings is 1. The fraction of sp³-hybridized carbons (Fsp3) is 0.667. The Hall–Kier alpha value is -2.08. The Morgan fingerprint density at radius 3 is 2.70 bits per heavy atom. The van der Waals surface area contributed by atoms with Crippen LogP contribution in [0.2, 0.25) is 0 Å². The molecule has 0 radical (unpaired) electrons. The molecule has 6 nitrogen and oxygen atoms in total. The highest BCUT2D eigenvalue weighted by Gasteiger charge is 2.56. The summed E-state index contributed by atoms with van der Waals surface area (Å²) >= 11 is 0. The van der Waals surface area contributed by atoms with Crippen molar-refractivity contribution in [3.05, 3.63) is 35.4 Å². The predicted molar refractivity (Wildman–Crippen MR) is 122 cm³/mol. The van der Waals surface area contributed by atoms with Crippen molar-refractivity contribution < 1.29 is 9.53 Å². The molecule has 2 aliphatic carbocycles. The Balaban J connectivity index is 1.60. The van der Waals surface area contributed by atoms with E-state index in [0.29, 0.717) is 18.7 Å². The van der Waals surface area contributed by atoms with Crippen molar-refractivity contribution in [1.29, 1.82) is 0 Å². The lowest BCUT2D eigenvalue weighted by Crippen LogP contribution is -2.65. The van der Waals surface area contributed by atoms with Gasteiger partial charge in [-0.1, -0.05) is 25.0 Å². The van der Waals surface area contributed by atoms with Crippen molar-refractivity contribution >= 4 is 11.9 Å². The van der Waals surface area contributed by atoms with Crippen LogP contribution in [0.15, 0.2) is 29.3 Å². The molecule has 1 aromatic rings. The van der Waals surface area contributed by atoms with E-state index in [1.165, 1.54) is 25.7 Å². The summed E-state index contributed by atoms with van der Waals surface area (Å²) in [4.78, 5) is 18.6. The summed E-state index contributed by atoms with van der Waals surface area (Å²) < 4.78 is 6.04. The third-order valence-electron chi connectivity index (χ3n) is 6.59. The first kappa shape index (κ1) is 22.6. The van der Waals surface area contributed by atoms with Gasteiger partial charge < -0.3 is 20.3 Å². The standard InChI is InChI=1S/C24H38N4O2/c1-5-25-23(27-20-17-21(30-6-2)24(20)13-7-8-14-24)26-15-12-18-10-9-11-19(16-18)22(29)28(3)4/h9-11,16,20-21H,5-8,12-15,17H2,1-4H3,(H2,25,26,27). The van der Waals surface area contributed by atoms with Crippen LogP contribution in [-0.4, -0.2) is 62.7 Å². The summed E-state index contributed by atoms with van der Waals surface area (Å²) in [5.41, 5.74) is 2.15. The highest BCUT2D eigenvalue weighted by Crippen LogP contribution is 2.54. The number of carbonyl (C=O) groups excluding carboxylic acids is 1. The SMILES string of the molecule is CCNC(=NCCc1cccc(C(=O)N(C)C)c1)NC1CC(OCC)C12CCCC2. The summed E-state index contributed by atoms with van der Waals surface area (Å²) in [6.45, 7) is 6.51. The Labute approximate surface area is 181 Å². The zero-order valence-corrected chi connectivity index (χ0v) is 19.0. The fourth-order valence-electron chi connectivity index (χ4n) is 4.99. The van der Waals surface area contributed by atoms with Crippen LogP contribution in [0.3, 0.4) is 0 Å². The molecule has 166 valence electrons. The second-order valence-electron chi connectivity index (χ2n) is 8.73. The third-order valence-corrected chi connectivity index (χ3v) is 6.59. The number of ether oxygens (including phenoxy) is 1. The van der Waals surface area contributed by atoms with Crippen molar-refractivity contribution in [1.82, 2.24) is 15.5 Å². The number of hydrogen-bond acceptors (Lipinski definition) is 3. The second-order valence-corrected chi connectivity index (χ2v) is 8.73. The summed E-state index contributed by atoms with van der Waals surface area (Å²) in [7, 11) is 3.56. The van der Waals surface area contributed by atoms with E-state index in [9.17, 15) is 4.79 Å². The molecule has 3 rings (SSSR count). The number of carbonyl (C=O) groups is 1. The smallest absolute Gasteiger partial charge is 0.253 e. The molecular weight excluding hydrogens is 376 g/mol. The molecule has 1 amide bonds. The van der Waals surface area contributed by atoms with Crippen molar-refractivity contribution in [2.45, 2.75) is 64.5 Å². The van der Waals surface area contributed by atoms with E-state index in [0.717, 1.165) is 43.1 Å². The van der Waals surface area contributed by atoms with Gasteiger partial charge in [-0.2, -0.15) is 0 Å². The van der Waals surface area contributed by atoms with Crippen molar-refractivity contribution in [3.63, 3.8) is 0 Å². The van der Waals surface area contributed by atoms with Gasteiger partial charge in [0.1, 0.15) is 0 Å². The van der Waals surface area contributed by atoms with Crippen molar-refractivity contribution in [2.24, 2.45) is 10.4 Å². The number of guanidine groups is 1. The highest BCUT2D eigenvalue weighted by molar-refractivity contribution is 5.94. The first-order chi connectivity index (χ1) is 14.5. The van der Waals surface area contributed by atoms with Crippen LogP contribution >= 0.6 is 0 Å². The molecule has 0 aliphatic heterocycles. The van der Waals surface area contributed by atoms with Crippen LogP contribution in [0.25, 0.3) is 0 Å². The Morgan fingerprint density at radius 2 is 2.03 bits per heavy atom. The number of rotatable bonds is 8. The van der Waals surface area contributed by atoms with E-state index in [1.807, 2.05) is 18.2 Å². The maximum atomic E-state index is 12.2. The van der Waals surface area contributed by atoms with E-state index >= 15 is 0 Å². The second kappa shape index (κ2) is 10.3. The van der Waals surface area contributed by atoms with Gasteiger partial charge in [0.05, 0.1) is 6.10 Å². The molecule has 0 aromatic heterocycles. The maximum Gasteiger partial charge on any atom is 0.253 e.